The standard InChI is InChI=1S/C18H20ClN3O6S/c1-4-15(18(23)20-13-7-5-12(19)6-8-13)21(29(3,26)27)16-11-14(22(24)25)9-10-17(16)28-2/h5-11,15H,4H2,1-3H3,(H,20,23)/t15-/m0/s1. The number of nitrogens with zero attached hydrogens (tertiary/aromatic N) is 2. The molecule has 11 heteroatoms. The number of hydrogen-bond acceptors (Lipinski definition) is 6. The lowest BCUT2D eigenvalue weighted by atomic mass is 10.1. The van der Waals surface area contributed by atoms with Gasteiger partial charge in [-0.25, -0.2) is 8.42 Å². The molecule has 0 aromatic heterocycles. The molecular formula is C18H20ClN3O6S. The molecule has 0 aliphatic carbocycles. The van der Waals surface area contributed by atoms with E-state index in [1.807, 2.05) is 0 Å². The summed E-state index contributed by atoms with van der Waals surface area (Å²) in [6.45, 7) is 1.63. The average Bonchev–Trinajstić information content (AvgIpc) is 2.66. The van der Waals surface area contributed by atoms with Crippen molar-refractivity contribution in [1.29, 1.82) is 0 Å². The molecule has 29 heavy (non-hydrogen) atoms. The van der Waals surface area contributed by atoms with Crippen LogP contribution in [0.1, 0.15) is 13.3 Å². The van der Waals surface area contributed by atoms with Gasteiger partial charge in [-0.15, -0.1) is 0 Å². The van der Waals surface area contributed by atoms with Gasteiger partial charge in [0.2, 0.25) is 15.9 Å². The van der Waals surface area contributed by atoms with Gasteiger partial charge in [-0.05, 0) is 36.8 Å². The number of non-ortho nitro benzene ring substituents is 1. The highest BCUT2D eigenvalue weighted by Crippen LogP contribution is 2.35. The second kappa shape index (κ2) is 9.10. The molecule has 0 radical (unpaired) electrons. The van der Waals surface area contributed by atoms with Crippen molar-refractivity contribution in [2.24, 2.45) is 0 Å². The number of anilines is 2. The van der Waals surface area contributed by atoms with Crippen LogP contribution in [0.3, 0.4) is 0 Å². The molecule has 1 atom stereocenters. The maximum atomic E-state index is 12.9. The average molecular weight is 442 g/mol. The van der Waals surface area contributed by atoms with Gasteiger partial charge in [0.25, 0.3) is 5.69 Å². The maximum absolute atomic E-state index is 12.9. The number of carbonyl (C=O) groups excluding carboxylic acids is 1. The van der Waals surface area contributed by atoms with Gasteiger partial charge in [-0.2, -0.15) is 0 Å². The number of nitro groups is 1. The van der Waals surface area contributed by atoms with Gasteiger partial charge in [0.1, 0.15) is 17.5 Å². The molecule has 2 aromatic rings. The molecule has 0 heterocycles. The molecule has 0 saturated carbocycles. The van der Waals surface area contributed by atoms with Crippen LogP contribution in [0.2, 0.25) is 5.02 Å². The number of methoxy groups -OCH3 is 1. The first kappa shape index (κ1) is 22.4. The second-order valence-corrected chi connectivity index (χ2v) is 8.39. The number of nitro benzene ring substituents is 1. The Hall–Kier alpha value is -2.85. The number of nitrogens with one attached hydrogen (secondary N) is 1. The molecule has 1 amide bonds. The Labute approximate surface area is 173 Å². The Morgan fingerprint density at radius 2 is 1.90 bits per heavy atom. The molecule has 2 rings (SSSR count). The minimum absolute atomic E-state index is 0.0822. The van der Waals surface area contributed by atoms with E-state index in [1.165, 1.54) is 19.2 Å². The van der Waals surface area contributed by atoms with Gasteiger partial charge in [0.15, 0.2) is 0 Å². The van der Waals surface area contributed by atoms with E-state index in [1.54, 1.807) is 31.2 Å². The Morgan fingerprint density at radius 3 is 2.38 bits per heavy atom. The van der Waals surface area contributed by atoms with Crippen molar-refractivity contribution in [3.05, 3.63) is 57.6 Å². The van der Waals surface area contributed by atoms with Gasteiger partial charge in [0.05, 0.1) is 18.3 Å². The van der Waals surface area contributed by atoms with Crippen LogP contribution in [0.4, 0.5) is 17.1 Å². The maximum Gasteiger partial charge on any atom is 0.271 e. The van der Waals surface area contributed by atoms with E-state index in [0.29, 0.717) is 10.7 Å². The Bertz CT molecular complexity index is 1010. The molecule has 0 saturated heterocycles. The highest BCUT2D eigenvalue weighted by atomic mass is 35.5. The quantitative estimate of drug-likeness (QED) is 0.495. The van der Waals surface area contributed by atoms with Crippen molar-refractivity contribution >= 4 is 44.6 Å². The minimum atomic E-state index is -4.00. The van der Waals surface area contributed by atoms with Crippen molar-refractivity contribution in [1.82, 2.24) is 0 Å². The van der Waals surface area contributed by atoms with Crippen molar-refractivity contribution in [2.45, 2.75) is 19.4 Å². The molecule has 0 unspecified atom stereocenters. The zero-order chi connectivity index (χ0) is 21.8. The van der Waals surface area contributed by atoms with E-state index < -0.39 is 26.9 Å². The van der Waals surface area contributed by atoms with Crippen LogP contribution in [0.25, 0.3) is 0 Å². The third-order valence-electron chi connectivity index (χ3n) is 4.05. The third-order valence-corrected chi connectivity index (χ3v) is 5.47. The number of amides is 1. The van der Waals surface area contributed by atoms with Crippen molar-refractivity contribution in [3.8, 4) is 5.75 Å². The summed E-state index contributed by atoms with van der Waals surface area (Å²) in [5, 5.41) is 14.3. The number of benzene rings is 2. The fourth-order valence-electron chi connectivity index (χ4n) is 2.76. The highest BCUT2D eigenvalue weighted by Gasteiger charge is 2.34. The number of hydrogen-bond donors (Lipinski definition) is 1. The fraction of sp³-hybridized carbons (Fsp3) is 0.278. The number of rotatable bonds is 8. The lowest BCUT2D eigenvalue weighted by molar-refractivity contribution is -0.384. The molecule has 156 valence electrons. The van der Waals surface area contributed by atoms with E-state index in [2.05, 4.69) is 5.32 Å². The lowest BCUT2D eigenvalue weighted by Gasteiger charge is -2.30. The van der Waals surface area contributed by atoms with E-state index in [4.69, 9.17) is 16.3 Å². The van der Waals surface area contributed by atoms with E-state index in [9.17, 15) is 23.3 Å². The number of ether oxygens (including phenoxy) is 1. The predicted molar refractivity (Wildman–Crippen MR) is 111 cm³/mol. The Morgan fingerprint density at radius 1 is 1.28 bits per heavy atom. The molecular weight excluding hydrogens is 422 g/mol. The summed E-state index contributed by atoms with van der Waals surface area (Å²) in [6, 6.07) is 8.69. The van der Waals surface area contributed by atoms with Gasteiger partial charge in [-0.3, -0.25) is 19.2 Å². The zero-order valence-corrected chi connectivity index (χ0v) is 17.5. The minimum Gasteiger partial charge on any atom is -0.495 e. The van der Waals surface area contributed by atoms with E-state index in [-0.39, 0.29) is 23.5 Å². The van der Waals surface area contributed by atoms with Gasteiger partial charge in [0, 0.05) is 22.8 Å². The highest BCUT2D eigenvalue weighted by molar-refractivity contribution is 7.92. The topological polar surface area (TPSA) is 119 Å². The molecule has 1 N–H and O–H groups in total. The van der Waals surface area contributed by atoms with Crippen molar-refractivity contribution < 1.29 is 22.9 Å². The molecule has 0 bridgehead atoms. The monoisotopic (exact) mass is 441 g/mol. The number of sulfonamides is 1. The normalized spacial score (nSPS) is 12.1. The first-order chi connectivity index (χ1) is 13.6. The van der Waals surface area contributed by atoms with Crippen LogP contribution < -0.4 is 14.4 Å². The van der Waals surface area contributed by atoms with Crippen LogP contribution in [0.15, 0.2) is 42.5 Å². The fourth-order valence-corrected chi connectivity index (χ4v) is 4.09. The van der Waals surface area contributed by atoms with Crippen LogP contribution in [0, 0.1) is 10.1 Å². The lowest BCUT2D eigenvalue weighted by Crippen LogP contribution is -2.47. The molecule has 0 aliphatic rings. The SMILES string of the molecule is CC[C@@H](C(=O)Nc1ccc(Cl)cc1)N(c1cc([N+](=O)[O-])ccc1OC)S(C)(=O)=O. The summed E-state index contributed by atoms with van der Waals surface area (Å²) in [5.74, 6) is -0.521. The van der Waals surface area contributed by atoms with E-state index >= 15 is 0 Å². The van der Waals surface area contributed by atoms with Crippen LogP contribution >= 0.6 is 11.6 Å². The zero-order valence-electron chi connectivity index (χ0n) is 16.0. The molecule has 9 nitrogen and oxygen atoms in total. The molecule has 0 fully saturated rings. The summed E-state index contributed by atoms with van der Waals surface area (Å²) in [4.78, 5) is 23.4. The summed E-state index contributed by atoms with van der Waals surface area (Å²) in [7, 11) is -2.69. The predicted octanol–water partition coefficient (Wildman–Crippen LogP) is 3.44. The summed E-state index contributed by atoms with van der Waals surface area (Å²) in [6.07, 6.45) is 1.03. The van der Waals surface area contributed by atoms with Crippen molar-refractivity contribution in [2.75, 3.05) is 23.0 Å². The van der Waals surface area contributed by atoms with Crippen molar-refractivity contribution in [3.63, 3.8) is 0 Å². The number of halogens is 1. The van der Waals surface area contributed by atoms with Crippen LogP contribution in [-0.4, -0.2) is 38.7 Å². The molecule has 0 aliphatic heterocycles. The van der Waals surface area contributed by atoms with Gasteiger partial charge in [-0.1, -0.05) is 18.5 Å². The Kier molecular flexibility index (Phi) is 7.04. The summed E-state index contributed by atoms with van der Waals surface area (Å²) in [5.41, 5.74) is 0.00188. The Balaban J connectivity index is 2.53. The molecule has 0 spiro atoms. The summed E-state index contributed by atoms with van der Waals surface area (Å²) >= 11 is 5.83. The summed E-state index contributed by atoms with van der Waals surface area (Å²) < 4.78 is 31.2. The first-order valence-electron chi connectivity index (χ1n) is 8.46. The third kappa shape index (κ3) is 5.36. The van der Waals surface area contributed by atoms with Crippen LogP contribution in [-0.2, 0) is 14.8 Å². The van der Waals surface area contributed by atoms with Gasteiger partial charge >= 0.3 is 0 Å². The van der Waals surface area contributed by atoms with E-state index in [0.717, 1.165) is 16.6 Å². The number of carbonyl (C=O) groups is 1. The largest absolute Gasteiger partial charge is 0.495 e. The second-order valence-electron chi connectivity index (χ2n) is 6.09. The smallest absolute Gasteiger partial charge is 0.271 e. The van der Waals surface area contributed by atoms with Gasteiger partial charge < -0.3 is 10.1 Å². The molecule has 2 aromatic carbocycles. The van der Waals surface area contributed by atoms with Crippen LogP contribution in [0.5, 0.6) is 5.75 Å². The first-order valence-corrected chi connectivity index (χ1v) is 10.7.